The fraction of sp³-hybridized carbons (Fsp3) is 0.333. The molecule has 1 aliphatic carbocycles. The highest BCUT2D eigenvalue weighted by atomic mass is 19.4. The third kappa shape index (κ3) is 8.15. The number of alkyl halides is 5. The molecule has 7 rings (SSSR count). The first-order chi connectivity index (χ1) is 28.5. The summed E-state index contributed by atoms with van der Waals surface area (Å²) >= 11 is 0. The summed E-state index contributed by atoms with van der Waals surface area (Å²) in [7, 11) is 0. The van der Waals surface area contributed by atoms with E-state index >= 15 is 0 Å². The number of hydrogen-bond acceptors (Lipinski definition) is 4. The van der Waals surface area contributed by atoms with Gasteiger partial charge < -0.3 is 9.47 Å². The first kappa shape index (κ1) is 42.6. The Hall–Kier alpha value is -5.57. The van der Waals surface area contributed by atoms with E-state index in [2.05, 4.69) is 101 Å². The number of carbonyl (C=O) groups is 2. The molecular formula is C51H49F5O4. The number of benzene rings is 6. The molecule has 0 N–H and O–H groups in total. The summed E-state index contributed by atoms with van der Waals surface area (Å²) in [5.41, 5.74) is 6.71. The smallest absolute Gasteiger partial charge is 0.453 e. The van der Waals surface area contributed by atoms with Gasteiger partial charge in [-0.1, -0.05) is 113 Å². The molecule has 0 aromatic heterocycles. The molecule has 0 saturated heterocycles. The predicted octanol–water partition coefficient (Wildman–Crippen LogP) is 13.7. The van der Waals surface area contributed by atoms with Crippen LogP contribution in [0.4, 0.5) is 22.0 Å². The van der Waals surface area contributed by atoms with E-state index in [1.54, 1.807) is 12.1 Å². The van der Waals surface area contributed by atoms with E-state index in [9.17, 15) is 31.5 Å². The van der Waals surface area contributed by atoms with Crippen LogP contribution in [-0.4, -0.2) is 37.3 Å². The fourth-order valence-corrected chi connectivity index (χ4v) is 9.00. The van der Waals surface area contributed by atoms with E-state index < -0.39 is 42.3 Å². The van der Waals surface area contributed by atoms with E-state index in [1.807, 2.05) is 6.07 Å². The summed E-state index contributed by atoms with van der Waals surface area (Å²) < 4.78 is 78.7. The van der Waals surface area contributed by atoms with Crippen LogP contribution in [0, 0.1) is 0 Å². The van der Waals surface area contributed by atoms with Gasteiger partial charge in [-0.3, -0.25) is 0 Å². The number of hydrogen-bond donors (Lipinski definition) is 0. The lowest BCUT2D eigenvalue weighted by atomic mass is 9.70. The van der Waals surface area contributed by atoms with Crippen molar-refractivity contribution < 1.29 is 41.0 Å². The van der Waals surface area contributed by atoms with Gasteiger partial charge in [0.2, 0.25) is 0 Å². The van der Waals surface area contributed by atoms with Crippen LogP contribution in [0.1, 0.15) is 88.0 Å². The highest BCUT2D eigenvalue weighted by Crippen LogP contribution is 2.56. The zero-order chi connectivity index (χ0) is 43.0. The van der Waals surface area contributed by atoms with E-state index in [0.29, 0.717) is 44.1 Å². The second-order valence-electron chi connectivity index (χ2n) is 17.0. The first-order valence-corrected chi connectivity index (χ1v) is 20.5. The van der Waals surface area contributed by atoms with Crippen molar-refractivity contribution in [1.29, 1.82) is 0 Å². The van der Waals surface area contributed by atoms with E-state index in [0.717, 1.165) is 56.3 Å². The van der Waals surface area contributed by atoms with Gasteiger partial charge in [0, 0.05) is 24.0 Å². The summed E-state index contributed by atoms with van der Waals surface area (Å²) in [6.07, 6.45) is -1.81. The van der Waals surface area contributed by atoms with Crippen molar-refractivity contribution >= 4 is 44.3 Å². The number of aryl methyl sites for hydroxylation is 1. The highest BCUT2D eigenvalue weighted by Gasteiger charge is 2.56. The monoisotopic (exact) mass is 820 g/mol. The van der Waals surface area contributed by atoms with Crippen molar-refractivity contribution in [3.8, 4) is 22.3 Å². The molecule has 60 heavy (non-hydrogen) atoms. The molecule has 0 radical (unpaired) electrons. The molecule has 312 valence electrons. The zero-order valence-corrected chi connectivity index (χ0v) is 34.2. The van der Waals surface area contributed by atoms with Crippen LogP contribution in [0.2, 0.25) is 0 Å². The van der Waals surface area contributed by atoms with E-state index in [-0.39, 0.29) is 18.6 Å². The maximum Gasteiger partial charge on any atom is 0.453 e. The average molecular weight is 821 g/mol. The van der Waals surface area contributed by atoms with Crippen LogP contribution in [-0.2, 0) is 36.3 Å². The molecule has 0 bridgehead atoms. The molecule has 0 spiro atoms. The molecule has 9 heteroatoms. The number of rotatable bonds is 16. The molecule has 0 atom stereocenters. The molecule has 6 aromatic carbocycles. The summed E-state index contributed by atoms with van der Waals surface area (Å²) in [5.74, 6) is -5.88. The van der Waals surface area contributed by atoms with Gasteiger partial charge in [0.1, 0.15) is 0 Å². The van der Waals surface area contributed by atoms with Crippen molar-refractivity contribution in [2.24, 2.45) is 0 Å². The molecule has 0 aliphatic heterocycles. The van der Waals surface area contributed by atoms with Crippen LogP contribution in [0.3, 0.4) is 0 Å². The van der Waals surface area contributed by atoms with Gasteiger partial charge in [0.15, 0.2) is 0 Å². The number of unbranched alkanes of at least 4 members (excludes halogenated alkanes) is 2. The third-order valence-corrected chi connectivity index (χ3v) is 12.2. The van der Waals surface area contributed by atoms with Gasteiger partial charge in [-0.15, -0.1) is 0 Å². The summed E-state index contributed by atoms with van der Waals surface area (Å²) in [5, 5.41) is 6.99. The topological polar surface area (TPSA) is 52.6 Å². The average Bonchev–Trinajstić information content (AvgIpc) is 3.48. The molecule has 0 heterocycles. The normalized spacial score (nSPS) is 13.7. The Morgan fingerprint density at radius 1 is 0.633 bits per heavy atom. The third-order valence-electron chi connectivity index (χ3n) is 12.2. The molecule has 0 fully saturated rings. The molecule has 0 amide bonds. The van der Waals surface area contributed by atoms with Gasteiger partial charge in [-0.05, 0) is 133 Å². The molecule has 1 aliphatic rings. The summed E-state index contributed by atoms with van der Waals surface area (Å²) in [6.45, 7) is 13.9. The largest absolute Gasteiger partial charge is 0.463 e. The SMILES string of the molecule is C=CC(=O)OCCCCC1(CCCCOC(=O)C=C)c2cc(CCC(F)(F)C(F)(F)F)ccc2-c2ccc(-c3ccc4ccc5cc(C(C)(C)C)cc6ccc3c4c56)cc21. The number of halogens is 5. The molecular weight excluding hydrogens is 772 g/mol. The van der Waals surface area contributed by atoms with Crippen LogP contribution >= 0.6 is 0 Å². The lowest BCUT2D eigenvalue weighted by Crippen LogP contribution is -2.36. The first-order valence-electron chi connectivity index (χ1n) is 20.5. The van der Waals surface area contributed by atoms with Crippen molar-refractivity contribution in [3.63, 3.8) is 0 Å². The Kier molecular flexibility index (Phi) is 11.7. The minimum atomic E-state index is -5.65. The van der Waals surface area contributed by atoms with Crippen molar-refractivity contribution in [2.75, 3.05) is 13.2 Å². The van der Waals surface area contributed by atoms with Crippen LogP contribution in [0.5, 0.6) is 0 Å². The molecule has 0 saturated carbocycles. The quantitative estimate of drug-likeness (QED) is 0.0321. The van der Waals surface area contributed by atoms with Gasteiger partial charge in [0.05, 0.1) is 13.2 Å². The van der Waals surface area contributed by atoms with E-state index in [1.165, 1.54) is 27.1 Å². The number of carbonyl (C=O) groups excluding carboxylic acids is 2. The van der Waals surface area contributed by atoms with Crippen molar-refractivity contribution in [2.45, 2.75) is 95.1 Å². The lowest BCUT2D eigenvalue weighted by Gasteiger charge is -2.33. The molecule has 6 aromatic rings. The number of fused-ring (bicyclic) bond motifs is 3. The second-order valence-corrected chi connectivity index (χ2v) is 17.0. The number of ether oxygens (including phenoxy) is 2. The Bertz CT molecular complexity index is 2550. The van der Waals surface area contributed by atoms with Crippen LogP contribution in [0.15, 0.2) is 110 Å². The Morgan fingerprint density at radius 3 is 1.75 bits per heavy atom. The minimum absolute atomic E-state index is 0.0227. The van der Waals surface area contributed by atoms with Gasteiger partial charge in [-0.2, -0.15) is 22.0 Å². The maximum atomic E-state index is 14.2. The second kappa shape index (κ2) is 16.5. The van der Waals surface area contributed by atoms with Crippen LogP contribution in [0.25, 0.3) is 54.6 Å². The summed E-state index contributed by atoms with van der Waals surface area (Å²) in [6, 6.07) is 29.3. The van der Waals surface area contributed by atoms with Gasteiger partial charge in [-0.25, -0.2) is 9.59 Å². The zero-order valence-electron chi connectivity index (χ0n) is 34.2. The number of esters is 2. The summed E-state index contributed by atoms with van der Waals surface area (Å²) in [4.78, 5) is 23.7. The molecule has 4 nitrogen and oxygen atoms in total. The maximum absolute atomic E-state index is 14.2. The molecule has 0 unspecified atom stereocenters. The predicted molar refractivity (Wildman–Crippen MR) is 230 cm³/mol. The lowest BCUT2D eigenvalue weighted by molar-refractivity contribution is -0.284. The Morgan fingerprint density at radius 2 is 1.17 bits per heavy atom. The van der Waals surface area contributed by atoms with E-state index in [4.69, 9.17) is 9.47 Å². The van der Waals surface area contributed by atoms with Crippen molar-refractivity contribution in [3.05, 3.63) is 132 Å². The Balaban J connectivity index is 1.35. The Labute approximate surface area is 347 Å². The van der Waals surface area contributed by atoms with Crippen molar-refractivity contribution in [1.82, 2.24) is 0 Å². The van der Waals surface area contributed by atoms with Crippen LogP contribution < -0.4 is 0 Å². The fourth-order valence-electron chi connectivity index (χ4n) is 9.00. The highest BCUT2D eigenvalue weighted by molar-refractivity contribution is 6.25. The minimum Gasteiger partial charge on any atom is -0.463 e. The van der Waals surface area contributed by atoms with Gasteiger partial charge >= 0.3 is 24.0 Å². The standard InChI is InChI=1S/C51H49F5O4/c1-6-44(57)59-26-10-8-23-49(24-9-11-27-60-45(58)7-2)42-28-32(22-25-50(52,53)51(54,55)56)12-18-39(42)40-20-16-34(31-43(40)49)38-19-15-33-13-14-35-29-37(48(3,4)5)30-36-17-21-41(38)47(33)46(35)36/h6-7,12-21,28-31H,1-2,8-11,22-27H2,3-5H3. The van der Waals surface area contributed by atoms with Gasteiger partial charge in [0.25, 0.3) is 0 Å².